The Bertz CT molecular complexity index is 565. The van der Waals surface area contributed by atoms with E-state index in [4.69, 9.17) is 4.43 Å². The Kier molecular flexibility index (Phi) is 7.42. The predicted molar refractivity (Wildman–Crippen MR) is 109 cm³/mol. The maximum atomic E-state index is 6.38. The van der Waals surface area contributed by atoms with Gasteiger partial charge in [0.15, 0.2) is 0 Å². The lowest BCUT2D eigenvalue weighted by atomic mass is 9.88. The van der Waals surface area contributed by atoms with Crippen LogP contribution in [0.2, 0.25) is 13.1 Å². The van der Waals surface area contributed by atoms with Crippen LogP contribution in [0.3, 0.4) is 0 Å². The molecule has 1 radical (unpaired) electrons. The largest absolute Gasteiger partial charge is 0.412 e. The summed E-state index contributed by atoms with van der Waals surface area (Å²) in [5.74, 6) is 0. The zero-order valence-electron chi connectivity index (χ0n) is 16.3. The SMILES string of the molecule is C[Si](C)OC(CN(Cc1ccccc1)Cc1ccccc1)C(C)(C)C. The Hall–Kier alpha value is -1.42. The van der Waals surface area contributed by atoms with Gasteiger partial charge in [-0.3, -0.25) is 4.90 Å². The molecule has 0 N–H and O–H groups in total. The fourth-order valence-corrected chi connectivity index (χ4v) is 3.87. The van der Waals surface area contributed by atoms with E-state index in [1.165, 1.54) is 11.1 Å². The standard InChI is InChI=1S/C22H32NOSi/c1-22(2,3)21(24-25(4)5)18-23(16-19-12-8-6-9-13-19)17-20-14-10-7-11-15-20/h6-15,21H,16-18H2,1-5H3. The molecule has 2 nitrogen and oxygen atoms in total. The average Bonchev–Trinajstić information content (AvgIpc) is 2.55. The van der Waals surface area contributed by atoms with Crippen LogP contribution in [-0.4, -0.2) is 26.6 Å². The fourth-order valence-electron chi connectivity index (χ4n) is 2.88. The number of benzene rings is 2. The third-order valence-electron chi connectivity index (χ3n) is 4.27. The highest BCUT2D eigenvalue weighted by molar-refractivity contribution is 6.48. The topological polar surface area (TPSA) is 12.5 Å². The van der Waals surface area contributed by atoms with Gasteiger partial charge in [-0.2, -0.15) is 0 Å². The Balaban J connectivity index is 2.17. The Morgan fingerprint density at radius 3 is 1.64 bits per heavy atom. The molecule has 1 unspecified atom stereocenters. The van der Waals surface area contributed by atoms with Crippen molar-refractivity contribution in [3.05, 3.63) is 71.8 Å². The van der Waals surface area contributed by atoms with Crippen molar-refractivity contribution in [1.82, 2.24) is 4.90 Å². The van der Waals surface area contributed by atoms with Crippen LogP contribution in [0.1, 0.15) is 31.9 Å². The second-order valence-electron chi connectivity index (χ2n) is 8.02. The van der Waals surface area contributed by atoms with Crippen molar-refractivity contribution in [2.45, 2.75) is 53.1 Å². The summed E-state index contributed by atoms with van der Waals surface area (Å²) in [7, 11) is -0.732. The van der Waals surface area contributed by atoms with Crippen molar-refractivity contribution in [1.29, 1.82) is 0 Å². The highest BCUT2D eigenvalue weighted by Crippen LogP contribution is 2.25. The van der Waals surface area contributed by atoms with Crippen LogP contribution in [0, 0.1) is 5.41 Å². The molecule has 135 valence electrons. The van der Waals surface area contributed by atoms with E-state index in [-0.39, 0.29) is 11.5 Å². The summed E-state index contributed by atoms with van der Waals surface area (Å²) in [5.41, 5.74) is 2.84. The van der Waals surface area contributed by atoms with Gasteiger partial charge in [0.05, 0.1) is 6.10 Å². The smallest absolute Gasteiger partial charge is 0.205 e. The summed E-state index contributed by atoms with van der Waals surface area (Å²) in [5, 5.41) is 0. The zero-order chi connectivity index (χ0) is 18.3. The maximum Gasteiger partial charge on any atom is 0.205 e. The summed E-state index contributed by atoms with van der Waals surface area (Å²) in [6.07, 6.45) is 0.240. The van der Waals surface area contributed by atoms with Crippen LogP contribution in [0.5, 0.6) is 0 Å². The van der Waals surface area contributed by atoms with Crippen LogP contribution in [-0.2, 0) is 17.5 Å². The lowest BCUT2D eigenvalue weighted by Gasteiger charge is -2.36. The van der Waals surface area contributed by atoms with Crippen LogP contribution >= 0.6 is 0 Å². The fraction of sp³-hybridized carbons (Fsp3) is 0.455. The summed E-state index contributed by atoms with van der Waals surface area (Å²) in [4.78, 5) is 2.52. The second kappa shape index (κ2) is 9.32. The third-order valence-corrected chi connectivity index (χ3v) is 5.02. The van der Waals surface area contributed by atoms with Crippen molar-refractivity contribution in [3.8, 4) is 0 Å². The van der Waals surface area contributed by atoms with Gasteiger partial charge in [-0.1, -0.05) is 81.4 Å². The van der Waals surface area contributed by atoms with Crippen LogP contribution in [0.25, 0.3) is 0 Å². The molecule has 1 atom stereocenters. The van der Waals surface area contributed by atoms with Gasteiger partial charge >= 0.3 is 0 Å². The highest BCUT2D eigenvalue weighted by Gasteiger charge is 2.28. The second-order valence-corrected chi connectivity index (χ2v) is 10.1. The normalized spacial score (nSPS) is 13.4. The summed E-state index contributed by atoms with van der Waals surface area (Å²) in [6.45, 7) is 14.1. The Morgan fingerprint density at radius 2 is 1.28 bits per heavy atom. The van der Waals surface area contributed by atoms with E-state index >= 15 is 0 Å². The van der Waals surface area contributed by atoms with Gasteiger partial charge < -0.3 is 4.43 Å². The molecule has 25 heavy (non-hydrogen) atoms. The monoisotopic (exact) mass is 354 g/mol. The molecule has 0 aromatic heterocycles. The number of nitrogens with zero attached hydrogens (tertiary/aromatic N) is 1. The first-order valence-electron chi connectivity index (χ1n) is 9.11. The van der Waals surface area contributed by atoms with Gasteiger partial charge in [-0.25, -0.2) is 0 Å². The molecule has 0 bridgehead atoms. The summed E-state index contributed by atoms with van der Waals surface area (Å²) >= 11 is 0. The maximum absolute atomic E-state index is 6.38. The molecule has 0 saturated carbocycles. The molecule has 0 fully saturated rings. The minimum absolute atomic E-state index is 0.133. The minimum Gasteiger partial charge on any atom is -0.412 e. The van der Waals surface area contributed by atoms with Crippen molar-refractivity contribution in [3.63, 3.8) is 0 Å². The highest BCUT2D eigenvalue weighted by atomic mass is 28.3. The molecule has 2 aromatic carbocycles. The minimum atomic E-state index is -0.732. The summed E-state index contributed by atoms with van der Waals surface area (Å²) in [6, 6.07) is 21.5. The quantitative estimate of drug-likeness (QED) is 0.591. The average molecular weight is 355 g/mol. The molecule has 2 rings (SSSR count). The van der Waals surface area contributed by atoms with Crippen molar-refractivity contribution >= 4 is 9.04 Å². The van der Waals surface area contributed by atoms with E-state index in [0.717, 1.165) is 19.6 Å². The first-order valence-corrected chi connectivity index (χ1v) is 11.5. The molecule has 0 saturated heterocycles. The Morgan fingerprint density at radius 1 is 0.840 bits per heavy atom. The van der Waals surface area contributed by atoms with E-state index < -0.39 is 9.04 Å². The zero-order valence-corrected chi connectivity index (χ0v) is 17.3. The van der Waals surface area contributed by atoms with Crippen molar-refractivity contribution in [2.24, 2.45) is 5.41 Å². The first kappa shape index (κ1) is 19.9. The van der Waals surface area contributed by atoms with E-state index in [9.17, 15) is 0 Å². The molecule has 0 aliphatic rings. The molecular formula is C22H32NOSi. The molecule has 0 aliphatic carbocycles. The van der Waals surface area contributed by atoms with Crippen LogP contribution in [0.4, 0.5) is 0 Å². The van der Waals surface area contributed by atoms with Gasteiger partial charge in [0.25, 0.3) is 0 Å². The van der Waals surface area contributed by atoms with Crippen molar-refractivity contribution in [2.75, 3.05) is 6.54 Å². The Labute approximate surface area is 155 Å². The van der Waals surface area contributed by atoms with Gasteiger partial charge in [-0.15, -0.1) is 0 Å². The van der Waals surface area contributed by atoms with Gasteiger partial charge in [-0.05, 0) is 29.6 Å². The van der Waals surface area contributed by atoms with Gasteiger partial charge in [0.1, 0.15) is 0 Å². The van der Waals surface area contributed by atoms with E-state index in [1.807, 2.05) is 0 Å². The molecule has 0 aliphatic heterocycles. The number of hydrogen-bond donors (Lipinski definition) is 0. The molecule has 3 heteroatoms. The van der Waals surface area contributed by atoms with Crippen LogP contribution < -0.4 is 0 Å². The lowest BCUT2D eigenvalue weighted by Crippen LogP contribution is -2.42. The molecule has 0 spiro atoms. The first-order chi connectivity index (χ1) is 11.8. The van der Waals surface area contributed by atoms with Gasteiger partial charge in [0, 0.05) is 19.6 Å². The predicted octanol–water partition coefficient (Wildman–Crippen LogP) is 5.37. The summed E-state index contributed by atoms with van der Waals surface area (Å²) < 4.78 is 6.38. The lowest BCUT2D eigenvalue weighted by molar-refractivity contribution is 0.0424. The van der Waals surface area contributed by atoms with Gasteiger partial charge in [0.2, 0.25) is 9.04 Å². The number of rotatable bonds is 8. The van der Waals surface area contributed by atoms with Crippen LogP contribution in [0.15, 0.2) is 60.7 Å². The third kappa shape index (κ3) is 7.15. The van der Waals surface area contributed by atoms with E-state index in [2.05, 4.69) is 99.4 Å². The van der Waals surface area contributed by atoms with E-state index in [0.29, 0.717) is 0 Å². The molecular weight excluding hydrogens is 322 g/mol. The molecule has 0 heterocycles. The molecule has 2 aromatic rings. The van der Waals surface area contributed by atoms with E-state index in [1.54, 1.807) is 0 Å². The van der Waals surface area contributed by atoms with Crippen molar-refractivity contribution < 1.29 is 4.43 Å². The molecule has 0 amide bonds. The number of hydrogen-bond acceptors (Lipinski definition) is 2.